The van der Waals surface area contributed by atoms with Crippen LogP contribution in [-0.4, -0.2) is 65.7 Å². The van der Waals surface area contributed by atoms with Crippen molar-refractivity contribution in [2.75, 3.05) is 39.8 Å². The van der Waals surface area contributed by atoms with Crippen molar-refractivity contribution in [3.05, 3.63) is 33.6 Å². The van der Waals surface area contributed by atoms with Gasteiger partial charge in [0.05, 0.1) is 10.7 Å². The zero-order valence-electron chi connectivity index (χ0n) is 16.2. The molecular formula is C17H24F3IN6OS. The number of nitrogens with zero attached hydrogens (tertiary/aromatic N) is 5. The second-order valence-electron chi connectivity index (χ2n) is 6.54. The Morgan fingerprint density at radius 1 is 1.31 bits per heavy atom. The number of hydrogen-bond donors (Lipinski definition) is 1. The third-order valence-electron chi connectivity index (χ3n) is 4.41. The fourth-order valence-corrected chi connectivity index (χ4v) is 3.81. The average molecular weight is 544 g/mol. The van der Waals surface area contributed by atoms with E-state index in [-0.39, 0.29) is 24.0 Å². The number of aliphatic imine (C=N–C) groups is 1. The van der Waals surface area contributed by atoms with Gasteiger partial charge in [0.2, 0.25) is 0 Å². The minimum atomic E-state index is -4.39. The summed E-state index contributed by atoms with van der Waals surface area (Å²) in [5.41, 5.74) is 0.102. The van der Waals surface area contributed by atoms with Crippen molar-refractivity contribution < 1.29 is 17.7 Å². The van der Waals surface area contributed by atoms with Crippen LogP contribution < -0.4 is 5.32 Å². The quantitative estimate of drug-likeness (QED) is 0.355. The van der Waals surface area contributed by atoms with E-state index in [1.165, 1.54) is 0 Å². The summed E-state index contributed by atoms with van der Waals surface area (Å²) < 4.78 is 42.9. The van der Waals surface area contributed by atoms with E-state index >= 15 is 0 Å². The van der Waals surface area contributed by atoms with E-state index in [2.05, 4.69) is 30.2 Å². The van der Waals surface area contributed by atoms with E-state index in [1.54, 1.807) is 7.05 Å². The molecule has 1 aliphatic rings. The molecule has 7 nitrogen and oxygen atoms in total. The van der Waals surface area contributed by atoms with Gasteiger partial charge in [-0.2, -0.15) is 13.2 Å². The lowest BCUT2D eigenvalue weighted by Gasteiger charge is -2.36. The van der Waals surface area contributed by atoms with E-state index in [9.17, 15) is 13.2 Å². The second-order valence-corrected chi connectivity index (χ2v) is 7.48. The van der Waals surface area contributed by atoms with Crippen LogP contribution in [0.2, 0.25) is 0 Å². The SMILES string of the molecule is CN=C(NCCc1nc(C(F)(F)F)cs1)N1CCN(Cc2cc(C)on2)CC1.I. The number of alkyl halides is 3. The van der Waals surface area contributed by atoms with Crippen molar-refractivity contribution >= 4 is 41.3 Å². The number of piperazine rings is 1. The minimum Gasteiger partial charge on any atom is -0.361 e. The van der Waals surface area contributed by atoms with E-state index in [1.807, 2.05) is 13.0 Å². The molecule has 3 heterocycles. The zero-order chi connectivity index (χ0) is 20.1. The van der Waals surface area contributed by atoms with Crippen LogP contribution in [0, 0.1) is 6.92 Å². The Hall–Kier alpha value is -1.41. The molecule has 0 atom stereocenters. The Labute approximate surface area is 188 Å². The fourth-order valence-electron chi connectivity index (χ4n) is 3.01. The highest BCUT2D eigenvalue weighted by Gasteiger charge is 2.33. The van der Waals surface area contributed by atoms with Gasteiger partial charge in [-0.25, -0.2) is 4.98 Å². The van der Waals surface area contributed by atoms with Crippen molar-refractivity contribution in [2.45, 2.75) is 26.1 Å². The first-order valence-corrected chi connectivity index (χ1v) is 9.85. The van der Waals surface area contributed by atoms with Crippen LogP contribution >= 0.6 is 35.3 Å². The minimum absolute atomic E-state index is 0. The number of aromatic nitrogens is 2. The molecule has 0 radical (unpaired) electrons. The molecule has 1 saturated heterocycles. The summed E-state index contributed by atoms with van der Waals surface area (Å²) >= 11 is 1.03. The molecule has 2 aromatic heterocycles. The molecule has 0 bridgehead atoms. The van der Waals surface area contributed by atoms with Crippen molar-refractivity contribution in [2.24, 2.45) is 4.99 Å². The highest BCUT2D eigenvalue weighted by Crippen LogP contribution is 2.30. The maximum absolute atomic E-state index is 12.6. The van der Waals surface area contributed by atoms with Crippen molar-refractivity contribution in [3.8, 4) is 0 Å². The van der Waals surface area contributed by atoms with Gasteiger partial charge in [0.1, 0.15) is 5.76 Å². The Bertz CT molecular complexity index is 801. The van der Waals surface area contributed by atoms with Gasteiger partial charge in [0.25, 0.3) is 0 Å². The van der Waals surface area contributed by atoms with Gasteiger partial charge in [-0.3, -0.25) is 9.89 Å². The number of halogens is 4. The first-order valence-electron chi connectivity index (χ1n) is 8.97. The molecule has 162 valence electrons. The zero-order valence-corrected chi connectivity index (χ0v) is 19.3. The molecule has 1 aliphatic heterocycles. The first-order chi connectivity index (χ1) is 13.3. The smallest absolute Gasteiger partial charge is 0.361 e. The number of thiazole rings is 1. The maximum atomic E-state index is 12.6. The third-order valence-corrected chi connectivity index (χ3v) is 5.32. The maximum Gasteiger partial charge on any atom is 0.434 e. The lowest BCUT2D eigenvalue weighted by molar-refractivity contribution is -0.140. The summed E-state index contributed by atoms with van der Waals surface area (Å²) in [4.78, 5) is 12.4. The van der Waals surface area contributed by atoms with Crippen LogP contribution in [0.5, 0.6) is 0 Å². The Kier molecular flexibility index (Phi) is 8.70. The van der Waals surface area contributed by atoms with Gasteiger partial charge >= 0.3 is 6.18 Å². The van der Waals surface area contributed by atoms with Gasteiger partial charge in [-0.1, -0.05) is 5.16 Å². The highest BCUT2D eigenvalue weighted by atomic mass is 127. The van der Waals surface area contributed by atoms with Crippen molar-refractivity contribution in [1.82, 2.24) is 25.3 Å². The van der Waals surface area contributed by atoms with E-state index in [4.69, 9.17) is 4.52 Å². The molecule has 0 amide bonds. The van der Waals surface area contributed by atoms with Crippen LogP contribution in [0.3, 0.4) is 0 Å². The summed E-state index contributed by atoms with van der Waals surface area (Å²) in [5, 5.41) is 8.76. The Balaban J connectivity index is 0.00000300. The second kappa shape index (κ2) is 10.6. The monoisotopic (exact) mass is 544 g/mol. The summed E-state index contributed by atoms with van der Waals surface area (Å²) in [6.07, 6.45) is -3.96. The van der Waals surface area contributed by atoms with Gasteiger partial charge in [0.15, 0.2) is 11.7 Å². The summed E-state index contributed by atoms with van der Waals surface area (Å²) in [5.74, 6) is 1.56. The molecule has 0 aliphatic carbocycles. The predicted octanol–water partition coefficient (Wildman–Crippen LogP) is 3.01. The Morgan fingerprint density at radius 2 is 2.03 bits per heavy atom. The van der Waals surface area contributed by atoms with Gasteiger partial charge in [0, 0.05) is 64.2 Å². The summed E-state index contributed by atoms with van der Waals surface area (Å²) in [7, 11) is 1.71. The topological polar surface area (TPSA) is 69.8 Å². The highest BCUT2D eigenvalue weighted by molar-refractivity contribution is 14.0. The molecule has 29 heavy (non-hydrogen) atoms. The molecule has 12 heteroatoms. The van der Waals surface area contributed by atoms with Crippen LogP contribution in [0.1, 0.15) is 22.2 Å². The Morgan fingerprint density at radius 3 is 2.59 bits per heavy atom. The average Bonchev–Trinajstić information content (AvgIpc) is 3.29. The first kappa shape index (κ1) is 23.9. The number of nitrogens with one attached hydrogen (secondary N) is 1. The lowest BCUT2D eigenvalue weighted by Crippen LogP contribution is -2.52. The molecule has 3 rings (SSSR count). The van der Waals surface area contributed by atoms with E-state index in [0.29, 0.717) is 18.0 Å². The summed E-state index contributed by atoms with van der Waals surface area (Å²) in [6.45, 7) is 6.47. The molecule has 0 saturated carbocycles. The van der Waals surface area contributed by atoms with E-state index < -0.39 is 11.9 Å². The third kappa shape index (κ3) is 6.81. The van der Waals surface area contributed by atoms with Crippen LogP contribution in [0.15, 0.2) is 21.0 Å². The van der Waals surface area contributed by atoms with Gasteiger partial charge < -0.3 is 14.7 Å². The van der Waals surface area contributed by atoms with Gasteiger partial charge in [-0.05, 0) is 6.92 Å². The van der Waals surface area contributed by atoms with Crippen LogP contribution in [0.25, 0.3) is 0 Å². The number of hydrogen-bond acceptors (Lipinski definition) is 6. The predicted molar refractivity (Wildman–Crippen MR) is 116 cm³/mol. The fraction of sp³-hybridized carbons (Fsp3) is 0.588. The molecule has 1 N–H and O–H groups in total. The number of aryl methyl sites for hydroxylation is 1. The van der Waals surface area contributed by atoms with Crippen molar-refractivity contribution in [1.29, 1.82) is 0 Å². The van der Waals surface area contributed by atoms with Gasteiger partial charge in [-0.15, -0.1) is 35.3 Å². The molecule has 1 fully saturated rings. The summed E-state index contributed by atoms with van der Waals surface area (Å²) in [6, 6.07) is 1.94. The molecule has 2 aromatic rings. The van der Waals surface area contributed by atoms with E-state index in [0.717, 1.165) is 66.9 Å². The normalized spacial score (nSPS) is 16.0. The molecule has 0 spiro atoms. The lowest BCUT2D eigenvalue weighted by atomic mass is 10.3. The number of rotatable bonds is 5. The van der Waals surface area contributed by atoms with Crippen LogP contribution in [0.4, 0.5) is 13.2 Å². The standard InChI is InChI=1S/C17H23F3N6OS.HI/c1-12-9-13(24-27-12)10-25-5-7-26(8-6-25)16(21-2)22-4-3-15-23-14(11-28-15)17(18,19)20;/h9,11H,3-8,10H2,1-2H3,(H,21,22);1H. The molecule has 0 aromatic carbocycles. The largest absolute Gasteiger partial charge is 0.434 e. The number of guanidine groups is 1. The molecule has 0 unspecified atom stereocenters. The molecular weight excluding hydrogens is 520 g/mol. The van der Waals surface area contributed by atoms with Crippen LogP contribution in [-0.2, 0) is 19.1 Å². The van der Waals surface area contributed by atoms with Crippen molar-refractivity contribution in [3.63, 3.8) is 0 Å².